The SMILES string of the molecule is Cn1c[n+](CCCC(=O)O)c2nc(NCCCC(=O)O)[nH]c(=O)c21. The van der Waals surface area contributed by atoms with Crippen molar-refractivity contribution in [2.24, 2.45) is 7.05 Å². The number of hydrogen-bond donors (Lipinski definition) is 4. The molecule has 2 rings (SSSR count). The summed E-state index contributed by atoms with van der Waals surface area (Å²) in [6.45, 7) is 0.797. The first-order valence-electron chi connectivity index (χ1n) is 7.54. The van der Waals surface area contributed by atoms with Gasteiger partial charge >= 0.3 is 17.6 Å². The van der Waals surface area contributed by atoms with Gasteiger partial charge in [0.25, 0.3) is 11.5 Å². The molecule has 0 saturated carbocycles. The smallest absolute Gasteiger partial charge is 0.311 e. The van der Waals surface area contributed by atoms with Crippen LogP contribution in [0.1, 0.15) is 25.7 Å². The second kappa shape index (κ2) is 7.57. The third kappa shape index (κ3) is 4.31. The summed E-state index contributed by atoms with van der Waals surface area (Å²) in [6, 6.07) is 0. The molecule has 0 aliphatic heterocycles. The van der Waals surface area contributed by atoms with Crippen LogP contribution in [0.4, 0.5) is 5.95 Å². The van der Waals surface area contributed by atoms with Crippen LogP contribution in [-0.4, -0.2) is 43.2 Å². The molecule has 24 heavy (non-hydrogen) atoms. The zero-order valence-corrected chi connectivity index (χ0v) is 13.3. The fourth-order valence-corrected chi connectivity index (χ4v) is 2.39. The Morgan fingerprint density at radius 1 is 1.29 bits per heavy atom. The zero-order chi connectivity index (χ0) is 17.7. The van der Waals surface area contributed by atoms with Gasteiger partial charge in [0.2, 0.25) is 5.52 Å². The fraction of sp³-hybridized carbons (Fsp3) is 0.500. The lowest BCUT2D eigenvalue weighted by Crippen LogP contribution is -2.34. The molecule has 0 saturated heterocycles. The van der Waals surface area contributed by atoms with Gasteiger partial charge in [-0.2, -0.15) is 0 Å². The Balaban J connectivity index is 2.18. The van der Waals surface area contributed by atoms with Crippen molar-refractivity contribution in [1.82, 2.24) is 14.5 Å². The van der Waals surface area contributed by atoms with E-state index in [-0.39, 0.29) is 24.3 Å². The number of hydrogen-bond acceptors (Lipinski definition) is 5. The molecular weight excluding hydrogens is 318 g/mol. The van der Waals surface area contributed by atoms with Crippen molar-refractivity contribution in [3.05, 3.63) is 16.7 Å². The van der Waals surface area contributed by atoms with Crippen LogP contribution >= 0.6 is 0 Å². The topological polar surface area (TPSA) is 141 Å². The standard InChI is InChI=1S/C14H19N5O5/c1-18-8-19(7-3-5-10(22)23)12-11(18)13(24)17-14(16-12)15-6-2-4-9(20)21/h8H,2-7H2,1H3,(H3-,15,16,17,20,21,22,23,24)/p+1. The highest BCUT2D eigenvalue weighted by Gasteiger charge is 2.20. The molecule has 2 aromatic heterocycles. The molecule has 2 aromatic rings. The van der Waals surface area contributed by atoms with Gasteiger partial charge in [0.05, 0.1) is 13.6 Å². The van der Waals surface area contributed by atoms with Crippen molar-refractivity contribution in [2.45, 2.75) is 32.2 Å². The van der Waals surface area contributed by atoms with Crippen LogP contribution in [0.3, 0.4) is 0 Å². The number of aliphatic carboxylic acids is 2. The summed E-state index contributed by atoms with van der Waals surface area (Å²) in [5, 5.41) is 20.2. The first-order chi connectivity index (χ1) is 11.4. The minimum atomic E-state index is -0.881. The molecular formula is C14H20N5O5+. The largest absolute Gasteiger partial charge is 0.481 e. The van der Waals surface area contributed by atoms with E-state index in [0.717, 1.165) is 0 Å². The van der Waals surface area contributed by atoms with Crippen LogP contribution in [0.2, 0.25) is 0 Å². The molecule has 0 bridgehead atoms. The Bertz CT molecular complexity index is 810. The Kier molecular flexibility index (Phi) is 5.51. The van der Waals surface area contributed by atoms with Gasteiger partial charge in [0.15, 0.2) is 6.33 Å². The lowest BCUT2D eigenvalue weighted by atomic mass is 10.3. The van der Waals surface area contributed by atoms with E-state index < -0.39 is 11.9 Å². The number of aromatic nitrogens is 4. The third-order valence-corrected chi connectivity index (χ3v) is 3.46. The van der Waals surface area contributed by atoms with E-state index in [1.165, 1.54) is 0 Å². The van der Waals surface area contributed by atoms with E-state index in [1.807, 2.05) is 0 Å². The highest BCUT2D eigenvalue weighted by atomic mass is 16.4. The van der Waals surface area contributed by atoms with Gasteiger partial charge in [-0.3, -0.25) is 23.9 Å². The number of fused-ring (bicyclic) bond motifs is 1. The van der Waals surface area contributed by atoms with Crippen molar-refractivity contribution in [2.75, 3.05) is 11.9 Å². The second-order valence-electron chi connectivity index (χ2n) is 5.43. The van der Waals surface area contributed by atoms with E-state index in [0.29, 0.717) is 37.1 Å². The number of carboxylic acid groups (broad SMARTS) is 2. The van der Waals surface area contributed by atoms with Crippen LogP contribution in [0.5, 0.6) is 0 Å². The van der Waals surface area contributed by atoms with Crippen molar-refractivity contribution >= 4 is 29.1 Å². The molecule has 0 atom stereocenters. The summed E-state index contributed by atoms with van der Waals surface area (Å²) >= 11 is 0. The number of H-pyrrole nitrogens is 1. The summed E-state index contributed by atoms with van der Waals surface area (Å²) < 4.78 is 3.37. The normalized spacial score (nSPS) is 10.9. The monoisotopic (exact) mass is 338 g/mol. The summed E-state index contributed by atoms with van der Waals surface area (Å²) in [5.41, 5.74) is 0.522. The lowest BCUT2D eigenvalue weighted by Gasteiger charge is -2.01. The number of nitrogens with zero attached hydrogens (tertiary/aromatic N) is 3. The maximum absolute atomic E-state index is 12.2. The molecule has 0 spiro atoms. The van der Waals surface area contributed by atoms with Crippen molar-refractivity contribution < 1.29 is 24.4 Å². The molecule has 0 unspecified atom stereocenters. The molecule has 0 aliphatic rings. The van der Waals surface area contributed by atoms with Gasteiger partial charge < -0.3 is 15.5 Å². The summed E-state index contributed by atoms with van der Waals surface area (Å²) in [5.74, 6) is -1.49. The maximum Gasteiger partial charge on any atom is 0.311 e. The molecule has 10 nitrogen and oxygen atoms in total. The Labute approximate surface area is 136 Å². The van der Waals surface area contributed by atoms with Crippen LogP contribution in [0.15, 0.2) is 11.1 Å². The highest BCUT2D eigenvalue weighted by Crippen LogP contribution is 2.06. The summed E-state index contributed by atoms with van der Waals surface area (Å²) in [4.78, 5) is 40.3. The number of rotatable bonds is 9. The van der Waals surface area contributed by atoms with E-state index in [9.17, 15) is 14.4 Å². The van der Waals surface area contributed by atoms with Crippen molar-refractivity contribution in [3.8, 4) is 0 Å². The molecule has 0 aliphatic carbocycles. The molecule has 0 amide bonds. The first-order valence-corrected chi connectivity index (χ1v) is 7.54. The van der Waals surface area contributed by atoms with E-state index in [4.69, 9.17) is 10.2 Å². The second-order valence-corrected chi connectivity index (χ2v) is 5.43. The minimum Gasteiger partial charge on any atom is -0.481 e. The molecule has 0 radical (unpaired) electrons. The van der Waals surface area contributed by atoms with Crippen molar-refractivity contribution in [1.29, 1.82) is 0 Å². The zero-order valence-electron chi connectivity index (χ0n) is 13.3. The van der Waals surface area contributed by atoms with Gasteiger partial charge in [-0.25, -0.2) is 4.57 Å². The highest BCUT2D eigenvalue weighted by molar-refractivity contribution is 5.68. The van der Waals surface area contributed by atoms with Crippen LogP contribution in [-0.2, 0) is 23.2 Å². The predicted octanol–water partition coefficient (Wildman–Crippen LogP) is -0.309. The third-order valence-electron chi connectivity index (χ3n) is 3.46. The number of carboxylic acids is 2. The minimum absolute atomic E-state index is 0.0278. The number of aromatic amines is 1. The summed E-state index contributed by atoms with van der Waals surface area (Å²) in [7, 11) is 1.72. The average molecular weight is 338 g/mol. The number of anilines is 1. The van der Waals surface area contributed by atoms with Gasteiger partial charge in [-0.05, 0) is 12.8 Å². The van der Waals surface area contributed by atoms with Gasteiger partial charge in [-0.15, -0.1) is 0 Å². The molecule has 0 fully saturated rings. The Hall–Kier alpha value is -2.91. The van der Waals surface area contributed by atoms with Gasteiger partial charge in [-0.1, -0.05) is 4.98 Å². The van der Waals surface area contributed by atoms with Gasteiger partial charge in [0.1, 0.15) is 0 Å². The van der Waals surface area contributed by atoms with E-state index in [1.54, 1.807) is 22.5 Å². The number of carbonyl (C=O) groups is 2. The number of nitrogens with one attached hydrogen (secondary N) is 2. The molecule has 4 N–H and O–H groups in total. The average Bonchev–Trinajstić information content (AvgIpc) is 2.80. The van der Waals surface area contributed by atoms with E-state index in [2.05, 4.69) is 15.3 Å². The number of imidazole rings is 1. The van der Waals surface area contributed by atoms with Crippen LogP contribution in [0.25, 0.3) is 11.2 Å². The first kappa shape index (κ1) is 17.4. The maximum atomic E-state index is 12.2. The predicted molar refractivity (Wildman–Crippen MR) is 83.8 cm³/mol. The molecule has 130 valence electrons. The van der Waals surface area contributed by atoms with Crippen LogP contribution in [0, 0.1) is 0 Å². The Morgan fingerprint density at radius 3 is 2.62 bits per heavy atom. The van der Waals surface area contributed by atoms with E-state index >= 15 is 0 Å². The van der Waals surface area contributed by atoms with Crippen molar-refractivity contribution in [3.63, 3.8) is 0 Å². The number of aryl methyl sites for hydroxylation is 2. The molecule has 2 heterocycles. The Morgan fingerprint density at radius 2 is 1.96 bits per heavy atom. The lowest BCUT2D eigenvalue weighted by molar-refractivity contribution is -0.674. The van der Waals surface area contributed by atoms with Gasteiger partial charge in [0, 0.05) is 19.4 Å². The fourth-order valence-electron chi connectivity index (χ4n) is 2.39. The summed E-state index contributed by atoms with van der Waals surface area (Å²) in [6.07, 6.45) is 2.59. The molecule has 10 heteroatoms. The molecule has 0 aromatic carbocycles. The van der Waals surface area contributed by atoms with Crippen LogP contribution < -0.4 is 15.4 Å². The quantitative estimate of drug-likeness (QED) is 0.363.